The topological polar surface area (TPSA) is 64.1 Å². The Hall–Kier alpha value is -3.44. The van der Waals surface area contributed by atoms with Gasteiger partial charge in [-0.05, 0) is 54.6 Å². The van der Waals surface area contributed by atoms with Crippen LogP contribution in [-0.2, 0) is 0 Å². The molecule has 0 saturated heterocycles. The number of ether oxygens (including phenoxy) is 1. The number of benzene rings is 2. The lowest BCUT2D eigenvalue weighted by molar-refractivity contribution is 0.102. The number of rotatable bonds is 4. The van der Waals surface area contributed by atoms with Gasteiger partial charge in [-0.3, -0.25) is 14.8 Å². The number of fused-ring (bicyclic) bond motifs is 1. The van der Waals surface area contributed by atoms with Crippen molar-refractivity contribution >= 4 is 34.1 Å². The SMILES string of the molecule is COc1cc(C(=O)Nc2ccc3ncccc3c2)ccc1-c1ncccc1Cl. The summed E-state index contributed by atoms with van der Waals surface area (Å²) < 4.78 is 5.47. The number of nitrogens with one attached hydrogen (secondary N) is 1. The van der Waals surface area contributed by atoms with E-state index in [9.17, 15) is 4.79 Å². The fraction of sp³-hybridized carbons (Fsp3) is 0.0455. The molecule has 0 atom stereocenters. The number of aromatic nitrogens is 2. The minimum absolute atomic E-state index is 0.236. The third-order valence-electron chi connectivity index (χ3n) is 4.34. The van der Waals surface area contributed by atoms with Crippen LogP contribution in [0.2, 0.25) is 5.02 Å². The highest BCUT2D eigenvalue weighted by atomic mass is 35.5. The van der Waals surface area contributed by atoms with Gasteiger partial charge < -0.3 is 10.1 Å². The number of anilines is 1. The van der Waals surface area contributed by atoms with Gasteiger partial charge in [0.25, 0.3) is 5.91 Å². The van der Waals surface area contributed by atoms with Crippen LogP contribution in [0.25, 0.3) is 22.2 Å². The molecule has 0 fully saturated rings. The first kappa shape index (κ1) is 17.9. The summed E-state index contributed by atoms with van der Waals surface area (Å²) in [6.45, 7) is 0. The van der Waals surface area contributed by atoms with E-state index in [1.54, 1.807) is 49.8 Å². The summed E-state index contributed by atoms with van der Waals surface area (Å²) >= 11 is 6.24. The molecule has 2 aromatic heterocycles. The van der Waals surface area contributed by atoms with E-state index in [0.29, 0.717) is 27.7 Å². The molecule has 0 aliphatic heterocycles. The fourth-order valence-electron chi connectivity index (χ4n) is 2.97. The first-order chi connectivity index (χ1) is 13.7. The van der Waals surface area contributed by atoms with Crippen LogP contribution in [0.4, 0.5) is 5.69 Å². The Morgan fingerprint density at radius 2 is 1.82 bits per heavy atom. The van der Waals surface area contributed by atoms with E-state index in [1.165, 1.54) is 0 Å². The molecular formula is C22H16ClN3O2. The van der Waals surface area contributed by atoms with Crippen molar-refractivity contribution in [2.24, 2.45) is 0 Å². The van der Waals surface area contributed by atoms with Crippen molar-refractivity contribution in [3.8, 4) is 17.0 Å². The molecule has 28 heavy (non-hydrogen) atoms. The molecule has 1 amide bonds. The number of carbonyl (C=O) groups excluding carboxylic acids is 1. The molecule has 4 rings (SSSR count). The van der Waals surface area contributed by atoms with Gasteiger partial charge in [-0.1, -0.05) is 17.7 Å². The first-order valence-corrected chi connectivity index (χ1v) is 8.98. The van der Waals surface area contributed by atoms with Crippen LogP contribution in [0.3, 0.4) is 0 Å². The molecule has 0 aliphatic carbocycles. The van der Waals surface area contributed by atoms with Crippen LogP contribution in [0.1, 0.15) is 10.4 Å². The minimum atomic E-state index is -0.236. The van der Waals surface area contributed by atoms with E-state index < -0.39 is 0 Å². The molecule has 6 heteroatoms. The number of amides is 1. The number of halogens is 1. The normalized spacial score (nSPS) is 10.6. The minimum Gasteiger partial charge on any atom is -0.496 e. The average Bonchev–Trinajstić information content (AvgIpc) is 2.73. The van der Waals surface area contributed by atoms with Gasteiger partial charge in [0.05, 0.1) is 23.3 Å². The Kier molecular flexibility index (Phi) is 4.91. The molecule has 4 aromatic rings. The molecule has 0 unspecified atom stereocenters. The number of carbonyl (C=O) groups is 1. The van der Waals surface area contributed by atoms with Gasteiger partial charge >= 0.3 is 0 Å². The van der Waals surface area contributed by atoms with Crippen molar-refractivity contribution in [2.75, 3.05) is 12.4 Å². The molecule has 0 radical (unpaired) electrons. The summed E-state index contributed by atoms with van der Waals surface area (Å²) in [7, 11) is 1.55. The quantitative estimate of drug-likeness (QED) is 0.520. The molecule has 0 bridgehead atoms. The Bertz CT molecular complexity index is 1180. The number of hydrogen-bond donors (Lipinski definition) is 1. The summed E-state index contributed by atoms with van der Waals surface area (Å²) in [5.41, 5.74) is 3.37. The number of pyridine rings is 2. The lowest BCUT2D eigenvalue weighted by atomic mass is 10.1. The van der Waals surface area contributed by atoms with Crippen LogP contribution in [0.15, 0.2) is 73.1 Å². The van der Waals surface area contributed by atoms with Crippen LogP contribution in [0.5, 0.6) is 5.75 Å². The Labute approximate surface area is 167 Å². The van der Waals surface area contributed by atoms with E-state index in [0.717, 1.165) is 16.5 Å². The summed E-state index contributed by atoms with van der Waals surface area (Å²) in [6.07, 6.45) is 3.40. The Balaban J connectivity index is 1.63. The highest BCUT2D eigenvalue weighted by Crippen LogP contribution is 2.33. The van der Waals surface area contributed by atoms with E-state index in [4.69, 9.17) is 16.3 Å². The van der Waals surface area contributed by atoms with Gasteiger partial charge in [0.2, 0.25) is 0 Å². The maximum Gasteiger partial charge on any atom is 0.255 e. The monoisotopic (exact) mass is 389 g/mol. The van der Waals surface area contributed by atoms with Crippen LogP contribution < -0.4 is 10.1 Å². The lowest BCUT2D eigenvalue weighted by Crippen LogP contribution is -2.12. The highest BCUT2D eigenvalue weighted by molar-refractivity contribution is 6.33. The predicted octanol–water partition coefficient (Wildman–Crippen LogP) is 5.21. The van der Waals surface area contributed by atoms with Crippen molar-refractivity contribution in [2.45, 2.75) is 0 Å². The summed E-state index contributed by atoms with van der Waals surface area (Å²) in [6, 6.07) is 18.1. The van der Waals surface area contributed by atoms with Gasteiger partial charge in [0.1, 0.15) is 5.75 Å². The number of hydrogen-bond acceptors (Lipinski definition) is 4. The molecule has 1 N–H and O–H groups in total. The second kappa shape index (κ2) is 7.66. The summed E-state index contributed by atoms with van der Waals surface area (Å²) in [4.78, 5) is 21.3. The molecule has 0 saturated carbocycles. The molecule has 0 spiro atoms. The highest BCUT2D eigenvalue weighted by Gasteiger charge is 2.14. The second-order valence-electron chi connectivity index (χ2n) is 6.11. The lowest BCUT2D eigenvalue weighted by Gasteiger charge is -2.12. The van der Waals surface area contributed by atoms with Gasteiger partial charge in [-0.2, -0.15) is 0 Å². The predicted molar refractivity (Wildman–Crippen MR) is 111 cm³/mol. The van der Waals surface area contributed by atoms with E-state index in [-0.39, 0.29) is 5.91 Å². The standard InChI is InChI=1S/C22H16ClN3O2/c1-28-20-13-15(6-8-17(20)21-18(23)5-3-11-25-21)22(27)26-16-7-9-19-14(12-16)4-2-10-24-19/h2-13H,1H3,(H,26,27). The number of nitrogens with zero attached hydrogens (tertiary/aromatic N) is 2. The van der Waals surface area contributed by atoms with E-state index >= 15 is 0 Å². The van der Waals surface area contributed by atoms with E-state index in [1.807, 2.05) is 30.3 Å². The Morgan fingerprint density at radius 1 is 1.00 bits per heavy atom. The van der Waals surface area contributed by atoms with Crippen LogP contribution in [-0.4, -0.2) is 23.0 Å². The second-order valence-corrected chi connectivity index (χ2v) is 6.52. The largest absolute Gasteiger partial charge is 0.496 e. The Morgan fingerprint density at radius 3 is 2.64 bits per heavy atom. The maximum absolute atomic E-state index is 12.7. The zero-order valence-corrected chi connectivity index (χ0v) is 15.8. The van der Waals surface area contributed by atoms with Gasteiger partial charge in [0.15, 0.2) is 0 Å². The average molecular weight is 390 g/mol. The molecule has 138 valence electrons. The third-order valence-corrected chi connectivity index (χ3v) is 4.64. The first-order valence-electron chi connectivity index (χ1n) is 8.61. The zero-order valence-electron chi connectivity index (χ0n) is 15.0. The van der Waals surface area contributed by atoms with Crippen molar-refractivity contribution in [1.82, 2.24) is 9.97 Å². The summed E-state index contributed by atoms with van der Waals surface area (Å²) in [5, 5.41) is 4.38. The van der Waals surface area contributed by atoms with Gasteiger partial charge in [0, 0.05) is 34.6 Å². The molecule has 0 aliphatic rings. The third kappa shape index (κ3) is 3.52. The molecule has 2 aromatic carbocycles. The van der Waals surface area contributed by atoms with Crippen molar-refractivity contribution < 1.29 is 9.53 Å². The van der Waals surface area contributed by atoms with Crippen molar-refractivity contribution in [1.29, 1.82) is 0 Å². The van der Waals surface area contributed by atoms with Crippen molar-refractivity contribution in [3.05, 3.63) is 83.6 Å². The fourth-order valence-corrected chi connectivity index (χ4v) is 3.19. The van der Waals surface area contributed by atoms with E-state index in [2.05, 4.69) is 15.3 Å². The van der Waals surface area contributed by atoms with Crippen LogP contribution in [0, 0.1) is 0 Å². The van der Waals surface area contributed by atoms with Crippen molar-refractivity contribution in [3.63, 3.8) is 0 Å². The zero-order chi connectivity index (χ0) is 19.5. The van der Waals surface area contributed by atoms with Gasteiger partial charge in [-0.25, -0.2) is 0 Å². The van der Waals surface area contributed by atoms with Gasteiger partial charge in [-0.15, -0.1) is 0 Å². The maximum atomic E-state index is 12.7. The molecular weight excluding hydrogens is 374 g/mol. The van der Waals surface area contributed by atoms with Crippen LogP contribution >= 0.6 is 11.6 Å². The number of methoxy groups -OCH3 is 1. The molecule has 5 nitrogen and oxygen atoms in total. The molecule has 2 heterocycles. The summed E-state index contributed by atoms with van der Waals surface area (Å²) in [5.74, 6) is 0.288. The smallest absolute Gasteiger partial charge is 0.255 e.